The van der Waals surface area contributed by atoms with Crippen molar-refractivity contribution in [1.82, 2.24) is 14.5 Å². The molecule has 1 N–H and O–H groups in total. The molecule has 0 atom stereocenters. The SMILES string of the molecule is CCCCn1c(-c2cccc(OC)c2)nc(-c2ccccc2)c1CN(Cc1ccccc1)Cc1ccc(O)cc1Cl. The lowest BCUT2D eigenvalue weighted by atomic mass is 10.1. The molecule has 1 aromatic heterocycles. The molecule has 0 radical (unpaired) electrons. The molecule has 0 bridgehead atoms. The van der Waals surface area contributed by atoms with Crippen LogP contribution in [0.4, 0.5) is 0 Å². The monoisotopic (exact) mass is 565 g/mol. The number of rotatable bonds is 12. The Morgan fingerprint density at radius 1 is 0.829 bits per heavy atom. The second kappa shape index (κ2) is 13.5. The van der Waals surface area contributed by atoms with Crippen molar-refractivity contribution in [2.75, 3.05) is 7.11 Å². The van der Waals surface area contributed by atoms with Gasteiger partial charge in [0.25, 0.3) is 0 Å². The minimum atomic E-state index is 0.167. The van der Waals surface area contributed by atoms with Gasteiger partial charge in [0.2, 0.25) is 0 Å². The lowest BCUT2D eigenvalue weighted by molar-refractivity contribution is 0.241. The maximum absolute atomic E-state index is 9.95. The number of methoxy groups -OCH3 is 1. The Hall–Kier alpha value is -4.06. The van der Waals surface area contributed by atoms with Crippen molar-refractivity contribution < 1.29 is 9.84 Å². The zero-order valence-electron chi connectivity index (χ0n) is 23.6. The Bertz CT molecular complexity index is 1570. The highest BCUT2D eigenvalue weighted by Gasteiger charge is 2.23. The Labute approximate surface area is 247 Å². The number of imidazole rings is 1. The van der Waals surface area contributed by atoms with Gasteiger partial charge in [-0.2, -0.15) is 0 Å². The van der Waals surface area contributed by atoms with Gasteiger partial charge in [0.1, 0.15) is 17.3 Å². The van der Waals surface area contributed by atoms with Crippen LogP contribution in [0.15, 0.2) is 103 Å². The van der Waals surface area contributed by atoms with Crippen LogP contribution in [-0.2, 0) is 26.2 Å². The molecule has 0 saturated carbocycles. The Morgan fingerprint density at radius 3 is 2.27 bits per heavy atom. The average molecular weight is 566 g/mol. The van der Waals surface area contributed by atoms with Crippen LogP contribution in [0.5, 0.6) is 11.5 Å². The number of hydrogen-bond donors (Lipinski definition) is 1. The van der Waals surface area contributed by atoms with E-state index in [0.29, 0.717) is 18.1 Å². The highest BCUT2D eigenvalue weighted by molar-refractivity contribution is 6.31. The van der Waals surface area contributed by atoms with E-state index in [4.69, 9.17) is 21.3 Å². The van der Waals surface area contributed by atoms with Crippen molar-refractivity contribution in [3.63, 3.8) is 0 Å². The molecule has 4 aromatic carbocycles. The lowest BCUT2D eigenvalue weighted by Crippen LogP contribution is -2.24. The van der Waals surface area contributed by atoms with Crippen LogP contribution in [-0.4, -0.2) is 26.7 Å². The molecule has 0 spiro atoms. The number of hydrogen-bond acceptors (Lipinski definition) is 4. The summed E-state index contributed by atoms with van der Waals surface area (Å²) < 4.78 is 7.95. The van der Waals surface area contributed by atoms with Gasteiger partial charge < -0.3 is 14.4 Å². The molecule has 210 valence electrons. The van der Waals surface area contributed by atoms with E-state index in [1.54, 1.807) is 19.2 Å². The average Bonchev–Trinajstić information content (AvgIpc) is 3.36. The largest absolute Gasteiger partial charge is 0.508 e. The number of benzene rings is 4. The first-order chi connectivity index (χ1) is 20.1. The van der Waals surface area contributed by atoms with Gasteiger partial charge in [-0.3, -0.25) is 4.90 Å². The number of ether oxygens (including phenoxy) is 1. The molecular weight excluding hydrogens is 530 g/mol. The van der Waals surface area contributed by atoms with Crippen LogP contribution in [0.3, 0.4) is 0 Å². The van der Waals surface area contributed by atoms with E-state index >= 15 is 0 Å². The van der Waals surface area contributed by atoms with E-state index in [0.717, 1.165) is 65.6 Å². The van der Waals surface area contributed by atoms with E-state index in [9.17, 15) is 5.11 Å². The maximum Gasteiger partial charge on any atom is 0.141 e. The summed E-state index contributed by atoms with van der Waals surface area (Å²) in [7, 11) is 1.69. The van der Waals surface area contributed by atoms with Crippen molar-refractivity contribution in [2.24, 2.45) is 0 Å². The quantitative estimate of drug-likeness (QED) is 0.164. The minimum Gasteiger partial charge on any atom is -0.508 e. The Balaban J connectivity index is 1.64. The third kappa shape index (κ3) is 6.99. The molecule has 1 heterocycles. The summed E-state index contributed by atoms with van der Waals surface area (Å²) in [5.74, 6) is 1.91. The third-order valence-corrected chi connectivity index (χ3v) is 7.59. The van der Waals surface area contributed by atoms with Crippen LogP contribution < -0.4 is 4.74 Å². The second-order valence-corrected chi connectivity index (χ2v) is 10.6. The van der Waals surface area contributed by atoms with Gasteiger partial charge >= 0.3 is 0 Å². The number of nitrogens with zero attached hydrogens (tertiary/aromatic N) is 3. The molecule has 0 fully saturated rings. The highest BCUT2D eigenvalue weighted by Crippen LogP contribution is 2.33. The van der Waals surface area contributed by atoms with Crippen molar-refractivity contribution in [3.05, 3.63) is 125 Å². The summed E-state index contributed by atoms with van der Waals surface area (Å²) in [5.41, 5.74) is 6.44. The van der Waals surface area contributed by atoms with Gasteiger partial charge in [-0.15, -0.1) is 0 Å². The topological polar surface area (TPSA) is 50.5 Å². The Morgan fingerprint density at radius 2 is 1.56 bits per heavy atom. The molecule has 5 nitrogen and oxygen atoms in total. The van der Waals surface area contributed by atoms with E-state index in [2.05, 4.69) is 77.1 Å². The van der Waals surface area contributed by atoms with Crippen molar-refractivity contribution in [3.8, 4) is 34.1 Å². The second-order valence-electron chi connectivity index (χ2n) is 10.2. The number of phenolic OH excluding ortho intramolecular Hbond substituents is 1. The number of phenols is 1. The molecule has 5 rings (SSSR count). The number of halogens is 1. The first kappa shape index (κ1) is 28.5. The van der Waals surface area contributed by atoms with E-state index in [1.165, 1.54) is 5.56 Å². The summed E-state index contributed by atoms with van der Waals surface area (Å²) in [6.07, 6.45) is 2.11. The standard InChI is InChI=1S/C35H36ClN3O2/c1-3-4-20-39-33(25-38(23-26-12-7-5-8-13-26)24-29-18-19-30(40)22-32(29)36)34(27-14-9-6-10-15-27)37-35(39)28-16-11-17-31(21-28)41-2/h5-19,21-22,40H,3-4,20,23-25H2,1-2H3. The van der Waals surface area contributed by atoms with Gasteiger partial charge in [0.05, 0.1) is 18.5 Å². The number of aromatic hydroxyl groups is 1. The van der Waals surface area contributed by atoms with Crippen molar-refractivity contribution in [2.45, 2.75) is 45.9 Å². The third-order valence-electron chi connectivity index (χ3n) is 7.24. The van der Waals surface area contributed by atoms with Gasteiger partial charge in [-0.1, -0.05) is 104 Å². The van der Waals surface area contributed by atoms with Gasteiger partial charge in [-0.25, -0.2) is 4.98 Å². The van der Waals surface area contributed by atoms with E-state index < -0.39 is 0 Å². The number of unbranched alkanes of at least 4 members (excludes halogenated alkanes) is 1. The molecule has 0 aliphatic rings. The molecule has 6 heteroatoms. The fraction of sp³-hybridized carbons (Fsp3) is 0.229. The first-order valence-corrected chi connectivity index (χ1v) is 14.5. The van der Waals surface area contributed by atoms with Crippen LogP contribution in [0.25, 0.3) is 22.6 Å². The zero-order valence-corrected chi connectivity index (χ0v) is 24.4. The van der Waals surface area contributed by atoms with E-state index in [1.807, 2.05) is 30.3 Å². The molecule has 0 saturated heterocycles. The molecule has 0 aliphatic carbocycles. The predicted octanol–water partition coefficient (Wildman–Crippen LogP) is 8.59. The van der Waals surface area contributed by atoms with E-state index in [-0.39, 0.29) is 5.75 Å². The highest BCUT2D eigenvalue weighted by atomic mass is 35.5. The smallest absolute Gasteiger partial charge is 0.141 e. The maximum atomic E-state index is 9.95. The number of aromatic nitrogens is 2. The Kier molecular flexibility index (Phi) is 9.40. The summed E-state index contributed by atoms with van der Waals surface area (Å²) >= 11 is 6.60. The summed E-state index contributed by atoms with van der Waals surface area (Å²) in [5, 5.41) is 10.5. The predicted molar refractivity (Wildman–Crippen MR) is 167 cm³/mol. The first-order valence-electron chi connectivity index (χ1n) is 14.1. The normalized spacial score (nSPS) is 11.2. The van der Waals surface area contributed by atoms with Crippen LogP contribution >= 0.6 is 11.6 Å². The zero-order chi connectivity index (χ0) is 28.6. The summed E-state index contributed by atoms with van der Waals surface area (Å²) in [4.78, 5) is 7.69. The lowest BCUT2D eigenvalue weighted by Gasteiger charge is -2.25. The van der Waals surface area contributed by atoms with Crippen LogP contribution in [0.1, 0.15) is 36.6 Å². The fourth-order valence-electron chi connectivity index (χ4n) is 5.14. The molecule has 0 amide bonds. The molecule has 5 aromatic rings. The van der Waals surface area contributed by atoms with Gasteiger partial charge in [0, 0.05) is 42.3 Å². The fourth-order valence-corrected chi connectivity index (χ4v) is 5.37. The van der Waals surface area contributed by atoms with Gasteiger partial charge in [-0.05, 0) is 41.8 Å². The van der Waals surface area contributed by atoms with Crippen LogP contribution in [0.2, 0.25) is 5.02 Å². The van der Waals surface area contributed by atoms with Crippen molar-refractivity contribution >= 4 is 11.6 Å². The summed E-state index contributed by atoms with van der Waals surface area (Å²) in [6, 6.07) is 34.3. The summed E-state index contributed by atoms with van der Waals surface area (Å²) in [6.45, 7) is 5.10. The van der Waals surface area contributed by atoms with Gasteiger partial charge in [0.15, 0.2) is 0 Å². The molecule has 41 heavy (non-hydrogen) atoms. The van der Waals surface area contributed by atoms with Crippen molar-refractivity contribution in [1.29, 1.82) is 0 Å². The molecular formula is C35H36ClN3O2. The van der Waals surface area contributed by atoms with Crippen LogP contribution in [0, 0.1) is 0 Å². The molecule has 0 unspecified atom stereocenters. The molecule has 0 aliphatic heterocycles. The minimum absolute atomic E-state index is 0.167.